The van der Waals surface area contributed by atoms with Crippen LogP contribution in [0.4, 0.5) is 0 Å². The molecule has 29 heavy (non-hydrogen) atoms. The van der Waals surface area contributed by atoms with E-state index in [4.69, 9.17) is 4.74 Å². The summed E-state index contributed by atoms with van der Waals surface area (Å²) in [5.74, 6) is 0.665. The molecule has 0 bridgehead atoms. The number of rotatable bonds is 8. The van der Waals surface area contributed by atoms with Gasteiger partial charge in [-0.3, -0.25) is 10.2 Å². The Bertz CT molecular complexity index is 1090. The minimum absolute atomic E-state index is 0.0744. The Balaban J connectivity index is 1.61. The maximum Gasteiger partial charge on any atom is 0.266 e. The SMILES string of the molecule is CC(C)CCOc1ccc(C(=O)NNS(=O)(=O)c2ccc3ccccc3c2)cc1. The van der Waals surface area contributed by atoms with E-state index < -0.39 is 15.9 Å². The number of nitrogens with one attached hydrogen (secondary N) is 2. The number of amides is 1. The summed E-state index contributed by atoms with van der Waals surface area (Å²) >= 11 is 0. The first-order valence-corrected chi connectivity index (χ1v) is 10.9. The van der Waals surface area contributed by atoms with Crippen molar-refractivity contribution in [1.82, 2.24) is 10.3 Å². The van der Waals surface area contributed by atoms with Gasteiger partial charge in [-0.15, -0.1) is 4.83 Å². The molecule has 0 aliphatic rings. The Morgan fingerprint density at radius 3 is 2.34 bits per heavy atom. The zero-order valence-corrected chi connectivity index (χ0v) is 17.2. The van der Waals surface area contributed by atoms with Gasteiger partial charge >= 0.3 is 0 Å². The van der Waals surface area contributed by atoms with Gasteiger partial charge in [0.05, 0.1) is 11.5 Å². The molecule has 0 aromatic heterocycles. The number of hydrogen-bond donors (Lipinski definition) is 2. The summed E-state index contributed by atoms with van der Waals surface area (Å²) in [6, 6.07) is 18.8. The Kier molecular flexibility index (Phi) is 6.51. The van der Waals surface area contributed by atoms with Crippen molar-refractivity contribution in [1.29, 1.82) is 0 Å². The van der Waals surface area contributed by atoms with Crippen LogP contribution in [-0.2, 0) is 10.0 Å². The van der Waals surface area contributed by atoms with Gasteiger partial charge in [0.25, 0.3) is 15.9 Å². The zero-order valence-electron chi connectivity index (χ0n) is 16.4. The van der Waals surface area contributed by atoms with Crippen molar-refractivity contribution >= 4 is 26.7 Å². The van der Waals surface area contributed by atoms with Crippen molar-refractivity contribution in [3.05, 3.63) is 72.3 Å². The molecule has 0 saturated heterocycles. The summed E-state index contributed by atoms with van der Waals surface area (Å²) in [6.45, 7) is 4.85. The molecule has 0 saturated carbocycles. The summed E-state index contributed by atoms with van der Waals surface area (Å²) in [4.78, 5) is 14.5. The first-order valence-electron chi connectivity index (χ1n) is 9.39. The van der Waals surface area contributed by atoms with Crippen LogP contribution >= 0.6 is 0 Å². The number of fused-ring (bicyclic) bond motifs is 1. The van der Waals surface area contributed by atoms with Gasteiger partial charge in [-0.2, -0.15) is 0 Å². The molecule has 2 N–H and O–H groups in total. The third kappa shape index (κ3) is 5.56. The molecule has 0 fully saturated rings. The van der Waals surface area contributed by atoms with Crippen LogP contribution in [0.15, 0.2) is 71.6 Å². The van der Waals surface area contributed by atoms with E-state index in [1.807, 2.05) is 24.3 Å². The molecule has 3 rings (SSSR count). The van der Waals surface area contributed by atoms with E-state index >= 15 is 0 Å². The molecule has 0 unspecified atom stereocenters. The van der Waals surface area contributed by atoms with E-state index in [2.05, 4.69) is 24.1 Å². The number of sulfonamides is 1. The van der Waals surface area contributed by atoms with Crippen LogP contribution in [0.5, 0.6) is 5.75 Å². The average Bonchev–Trinajstić information content (AvgIpc) is 2.72. The molecule has 6 nitrogen and oxygen atoms in total. The summed E-state index contributed by atoms with van der Waals surface area (Å²) < 4.78 is 30.6. The van der Waals surface area contributed by atoms with Gasteiger partial charge in [-0.25, -0.2) is 8.42 Å². The van der Waals surface area contributed by atoms with Crippen molar-refractivity contribution in [3.63, 3.8) is 0 Å². The summed E-state index contributed by atoms with van der Waals surface area (Å²) in [7, 11) is -3.89. The Morgan fingerprint density at radius 1 is 0.966 bits per heavy atom. The van der Waals surface area contributed by atoms with Crippen LogP contribution in [0.25, 0.3) is 10.8 Å². The minimum Gasteiger partial charge on any atom is -0.494 e. The fourth-order valence-corrected chi connectivity index (χ4v) is 3.57. The van der Waals surface area contributed by atoms with E-state index in [9.17, 15) is 13.2 Å². The van der Waals surface area contributed by atoms with Crippen molar-refractivity contribution in [2.24, 2.45) is 5.92 Å². The van der Waals surface area contributed by atoms with Gasteiger partial charge in [0.15, 0.2) is 0 Å². The largest absolute Gasteiger partial charge is 0.494 e. The molecule has 7 heteroatoms. The topological polar surface area (TPSA) is 84.5 Å². The lowest BCUT2D eigenvalue weighted by atomic mass is 10.1. The molecule has 0 heterocycles. The fourth-order valence-electron chi connectivity index (χ4n) is 2.69. The highest BCUT2D eigenvalue weighted by Crippen LogP contribution is 2.18. The molecule has 0 radical (unpaired) electrons. The van der Waals surface area contributed by atoms with E-state index in [-0.39, 0.29) is 4.90 Å². The van der Waals surface area contributed by atoms with Crippen LogP contribution < -0.4 is 15.0 Å². The minimum atomic E-state index is -3.89. The highest BCUT2D eigenvalue weighted by atomic mass is 32.2. The molecular weight excluding hydrogens is 388 g/mol. The molecule has 0 atom stereocenters. The van der Waals surface area contributed by atoms with Gasteiger partial charge in [-0.1, -0.05) is 44.2 Å². The smallest absolute Gasteiger partial charge is 0.266 e. The Hall–Kier alpha value is -2.90. The van der Waals surface area contributed by atoms with Gasteiger partial charge in [-0.05, 0) is 59.5 Å². The highest BCUT2D eigenvalue weighted by Gasteiger charge is 2.16. The van der Waals surface area contributed by atoms with E-state index in [0.29, 0.717) is 23.8 Å². The van der Waals surface area contributed by atoms with Crippen LogP contribution in [0, 0.1) is 5.92 Å². The number of carbonyl (C=O) groups excluding carboxylic acids is 1. The van der Waals surface area contributed by atoms with E-state index in [1.54, 1.807) is 36.4 Å². The van der Waals surface area contributed by atoms with Crippen molar-refractivity contribution in [2.45, 2.75) is 25.2 Å². The maximum atomic E-state index is 12.5. The Labute approximate surface area is 170 Å². The molecular formula is C22H24N2O4S. The monoisotopic (exact) mass is 412 g/mol. The quantitative estimate of drug-likeness (QED) is 0.550. The maximum absolute atomic E-state index is 12.5. The van der Waals surface area contributed by atoms with Crippen LogP contribution in [0.1, 0.15) is 30.6 Å². The second-order valence-electron chi connectivity index (χ2n) is 7.12. The fraction of sp³-hybridized carbons (Fsp3) is 0.227. The molecule has 0 spiro atoms. The van der Waals surface area contributed by atoms with Crippen molar-refractivity contribution < 1.29 is 17.9 Å². The van der Waals surface area contributed by atoms with Gasteiger partial charge in [0.1, 0.15) is 5.75 Å². The Morgan fingerprint density at radius 2 is 1.66 bits per heavy atom. The zero-order chi connectivity index (χ0) is 20.9. The second-order valence-corrected chi connectivity index (χ2v) is 8.81. The van der Waals surface area contributed by atoms with Crippen LogP contribution in [0.3, 0.4) is 0 Å². The van der Waals surface area contributed by atoms with Gasteiger partial charge < -0.3 is 4.74 Å². The predicted molar refractivity (Wildman–Crippen MR) is 113 cm³/mol. The third-order valence-corrected chi connectivity index (χ3v) is 5.66. The van der Waals surface area contributed by atoms with Gasteiger partial charge in [0, 0.05) is 5.56 Å². The molecule has 0 aliphatic heterocycles. The highest BCUT2D eigenvalue weighted by molar-refractivity contribution is 7.89. The molecule has 1 amide bonds. The average molecular weight is 413 g/mol. The number of hydrogen-bond acceptors (Lipinski definition) is 4. The van der Waals surface area contributed by atoms with Crippen molar-refractivity contribution in [3.8, 4) is 5.75 Å². The summed E-state index contributed by atoms with van der Waals surface area (Å²) in [5, 5.41) is 1.74. The molecule has 3 aromatic carbocycles. The van der Waals surface area contributed by atoms with Crippen molar-refractivity contribution in [2.75, 3.05) is 6.61 Å². The summed E-state index contributed by atoms with van der Waals surface area (Å²) in [6.07, 6.45) is 0.943. The molecule has 3 aromatic rings. The molecule has 152 valence electrons. The van der Waals surface area contributed by atoms with E-state index in [1.165, 1.54) is 6.07 Å². The van der Waals surface area contributed by atoms with Crippen LogP contribution in [0.2, 0.25) is 0 Å². The lowest BCUT2D eigenvalue weighted by Crippen LogP contribution is -2.41. The van der Waals surface area contributed by atoms with Gasteiger partial charge in [0.2, 0.25) is 0 Å². The lowest BCUT2D eigenvalue weighted by Gasteiger charge is -2.10. The number of carbonyl (C=O) groups is 1. The first-order chi connectivity index (χ1) is 13.8. The number of benzene rings is 3. The predicted octanol–water partition coefficient (Wildman–Crippen LogP) is 3.89. The normalized spacial score (nSPS) is 11.6. The standard InChI is InChI=1S/C22H24N2O4S/c1-16(2)13-14-28-20-10-7-18(8-11-20)22(25)23-24-29(26,27)21-12-9-17-5-3-4-6-19(17)15-21/h3-12,15-16,24H,13-14H2,1-2H3,(H,23,25). The third-order valence-electron chi connectivity index (χ3n) is 4.41. The summed E-state index contributed by atoms with van der Waals surface area (Å²) in [5.41, 5.74) is 2.57. The van der Waals surface area contributed by atoms with E-state index in [0.717, 1.165) is 17.2 Å². The van der Waals surface area contributed by atoms with Crippen LogP contribution in [-0.4, -0.2) is 20.9 Å². The second kappa shape index (κ2) is 9.07. The number of hydrazine groups is 1. The lowest BCUT2D eigenvalue weighted by molar-refractivity contribution is 0.0945. The first kappa shape index (κ1) is 20.8. The number of ether oxygens (including phenoxy) is 1. The molecule has 0 aliphatic carbocycles.